The minimum Gasteiger partial charge on any atom is -0.0856 e. The molecule has 2 rings (SSSR count). The molecule has 0 heterocycles. The highest BCUT2D eigenvalue weighted by atomic mass is 14.6. The molecule has 0 spiro atoms. The summed E-state index contributed by atoms with van der Waals surface area (Å²) in [4.78, 5) is 0. The van der Waals surface area contributed by atoms with Crippen LogP contribution in [0.15, 0.2) is 34.9 Å². The van der Waals surface area contributed by atoms with Gasteiger partial charge in [-0.3, -0.25) is 0 Å². The van der Waals surface area contributed by atoms with Gasteiger partial charge in [-0.15, -0.1) is 0 Å². The molecular weight excluding hydrogens is 360 g/mol. The maximum atomic E-state index is 8.43. The molecule has 0 aromatic heterocycles. The van der Waals surface area contributed by atoms with Crippen LogP contribution >= 0.6 is 0 Å². The molecule has 0 aromatic carbocycles. The van der Waals surface area contributed by atoms with Crippen LogP contribution in [0.5, 0.6) is 0 Å². The Morgan fingerprint density at radius 1 is 1.13 bits per heavy atom. The molecule has 172 valence electrons. The van der Waals surface area contributed by atoms with E-state index in [-0.39, 0.29) is 0 Å². The van der Waals surface area contributed by atoms with Crippen LogP contribution in [-0.2, 0) is 0 Å². The first-order valence-corrected chi connectivity index (χ1v) is 12.9. The molecule has 1 fully saturated rings. The zero-order chi connectivity index (χ0) is 23.2. The second-order valence-electron chi connectivity index (χ2n) is 12.0. The van der Waals surface area contributed by atoms with Crippen LogP contribution in [0, 0.1) is 28.6 Å². The van der Waals surface area contributed by atoms with E-state index in [1.807, 2.05) is 0 Å². The Morgan fingerprint density at radius 2 is 1.87 bits per heavy atom. The van der Waals surface area contributed by atoms with Gasteiger partial charge in [0.1, 0.15) is 0 Å². The fourth-order valence-electron chi connectivity index (χ4n) is 6.63. The van der Waals surface area contributed by atoms with Crippen molar-refractivity contribution in [2.75, 3.05) is 0 Å². The van der Waals surface area contributed by atoms with Crippen molar-refractivity contribution in [3.63, 3.8) is 0 Å². The first-order chi connectivity index (χ1) is 14.5. The van der Waals surface area contributed by atoms with E-state index in [2.05, 4.69) is 67.5 Å². The largest absolute Gasteiger partial charge is 0.0856 e. The minimum absolute atomic E-state index is 0.479. The van der Waals surface area contributed by atoms with Crippen molar-refractivity contribution in [1.82, 2.24) is 0 Å². The van der Waals surface area contributed by atoms with Gasteiger partial charge in [0.25, 0.3) is 0 Å². The van der Waals surface area contributed by atoms with Crippen LogP contribution in [-0.4, -0.2) is 0 Å². The van der Waals surface area contributed by atoms with Gasteiger partial charge in [-0.2, -0.15) is 0 Å². The van der Waals surface area contributed by atoms with E-state index in [4.69, 9.17) is 1.37 Å². The van der Waals surface area contributed by atoms with Crippen molar-refractivity contribution in [3.8, 4) is 0 Å². The summed E-state index contributed by atoms with van der Waals surface area (Å²) < 4.78 is 8.43. The molecule has 1 saturated carbocycles. The van der Waals surface area contributed by atoms with E-state index in [0.29, 0.717) is 10.8 Å². The predicted octanol–water partition coefficient (Wildman–Crippen LogP) is 10.1. The second-order valence-corrected chi connectivity index (χ2v) is 12.0. The van der Waals surface area contributed by atoms with Crippen molar-refractivity contribution in [3.05, 3.63) is 34.9 Å². The molecule has 0 nitrogen and oxygen atoms in total. The Hall–Kier alpha value is -0.780. The van der Waals surface area contributed by atoms with E-state index in [0.717, 1.165) is 43.1 Å². The summed E-state index contributed by atoms with van der Waals surface area (Å²) in [6, 6.07) is 0.877. The van der Waals surface area contributed by atoms with Gasteiger partial charge < -0.3 is 0 Å². The van der Waals surface area contributed by atoms with Crippen LogP contribution in [0.4, 0.5) is 0 Å². The van der Waals surface area contributed by atoms with Crippen LogP contribution in [0.3, 0.4) is 0 Å². The predicted molar refractivity (Wildman–Crippen MR) is 136 cm³/mol. The molecule has 0 saturated heterocycles. The smallest absolute Gasteiger partial charge is 0.0575 e. The maximum absolute atomic E-state index is 8.43. The molecule has 0 amide bonds. The topological polar surface area (TPSA) is 0 Å². The fourth-order valence-corrected chi connectivity index (χ4v) is 6.63. The Kier molecular flexibility index (Phi) is 8.91. The zero-order valence-corrected chi connectivity index (χ0v) is 21.7. The Bertz CT molecular complexity index is 675. The van der Waals surface area contributed by atoms with Gasteiger partial charge >= 0.3 is 0 Å². The molecule has 0 radical (unpaired) electrons. The third-order valence-corrected chi connectivity index (χ3v) is 8.52. The summed E-state index contributed by atoms with van der Waals surface area (Å²) in [5.41, 5.74) is 5.39. The average molecular weight is 414 g/mol. The lowest BCUT2D eigenvalue weighted by molar-refractivity contribution is -0.0388. The third-order valence-electron chi connectivity index (χ3n) is 8.52. The van der Waals surface area contributed by atoms with Crippen molar-refractivity contribution in [2.24, 2.45) is 28.6 Å². The van der Waals surface area contributed by atoms with Crippen LogP contribution in [0.2, 0.25) is 0 Å². The summed E-state index contributed by atoms with van der Waals surface area (Å²) in [7, 11) is 0. The van der Waals surface area contributed by atoms with E-state index in [1.165, 1.54) is 62.5 Å². The zero-order valence-electron chi connectivity index (χ0n) is 22.7. The first-order valence-electron chi connectivity index (χ1n) is 13.4. The van der Waals surface area contributed by atoms with Gasteiger partial charge in [-0.25, -0.2) is 0 Å². The van der Waals surface area contributed by atoms with E-state index in [9.17, 15) is 0 Å². The SMILES string of the molecule is [2H]/C(CC/C(C)=C/CC[C@H]1C(C)=CCC2C(C)(C)CCC[C@@]21C)=C(/C)CCCC(C)C. The lowest BCUT2D eigenvalue weighted by atomic mass is 9.48. The van der Waals surface area contributed by atoms with Crippen LogP contribution < -0.4 is 0 Å². The maximum Gasteiger partial charge on any atom is 0.0575 e. The lowest BCUT2D eigenvalue weighted by Gasteiger charge is -2.57. The summed E-state index contributed by atoms with van der Waals surface area (Å²) in [6.45, 7) is 19.0. The summed E-state index contributed by atoms with van der Waals surface area (Å²) >= 11 is 0. The minimum atomic E-state index is 0.479. The molecule has 2 aliphatic rings. The Morgan fingerprint density at radius 3 is 2.57 bits per heavy atom. The van der Waals surface area contributed by atoms with Gasteiger partial charge in [0.05, 0.1) is 1.37 Å². The number of hydrogen-bond acceptors (Lipinski definition) is 0. The van der Waals surface area contributed by atoms with E-state index >= 15 is 0 Å². The molecule has 0 N–H and O–H groups in total. The summed E-state index contributed by atoms with van der Waals surface area (Å²) in [5, 5.41) is 0. The number of allylic oxidation sites excluding steroid dienone is 6. The van der Waals surface area contributed by atoms with Crippen molar-refractivity contribution in [2.45, 2.75) is 126 Å². The molecule has 30 heavy (non-hydrogen) atoms. The van der Waals surface area contributed by atoms with Crippen molar-refractivity contribution in [1.29, 1.82) is 0 Å². The van der Waals surface area contributed by atoms with Gasteiger partial charge in [-0.05, 0) is 107 Å². The highest BCUT2D eigenvalue weighted by molar-refractivity contribution is 5.18. The molecule has 3 atom stereocenters. The first kappa shape index (κ1) is 23.9. The Labute approximate surface area is 191 Å². The highest BCUT2D eigenvalue weighted by Gasteiger charge is 2.51. The molecular formula is C30H52. The van der Waals surface area contributed by atoms with Crippen molar-refractivity contribution >= 4 is 0 Å². The molecule has 1 unspecified atom stereocenters. The molecule has 0 aliphatic heterocycles. The summed E-state index contributed by atoms with van der Waals surface area (Å²) in [6.07, 6.45) is 18.6. The average Bonchev–Trinajstić information content (AvgIpc) is 2.67. The third kappa shape index (κ3) is 6.86. The second kappa shape index (κ2) is 11.2. The number of hydrogen-bond donors (Lipinski definition) is 0. The quantitative estimate of drug-likeness (QED) is 0.312. The highest BCUT2D eigenvalue weighted by Crippen LogP contribution is 2.60. The normalized spacial score (nSPS) is 30.5. The van der Waals surface area contributed by atoms with E-state index in [1.54, 1.807) is 5.57 Å². The Balaban J connectivity index is 1.89. The van der Waals surface area contributed by atoms with E-state index < -0.39 is 0 Å². The monoisotopic (exact) mass is 413 g/mol. The van der Waals surface area contributed by atoms with Crippen LogP contribution in [0.25, 0.3) is 0 Å². The van der Waals surface area contributed by atoms with Gasteiger partial charge in [-0.1, -0.05) is 82.4 Å². The standard InChI is InChI=1S/C30H52/c1-23(2)13-9-14-24(3)15-10-16-25(4)17-11-18-27-26(5)19-20-28-29(6,7)21-12-22-30(27,28)8/h15,17,19,23,27-28H,9-14,16,18,20-22H2,1-8H3/b24-15+,25-17+/t27-,28?,30+/m0/s1/i15D. The molecule has 0 heteroatoms. The molecule has 2 aliphatic carbocycles. The molecule has 0 aromatic rings. The van der Waals surface area contributed by atoms with Crippen molar-refractivity contribution < 1.29 is 1.37 Å². The molecule has 0 bridgehead atoms. The lowest BCUT2D eigenvalue weighted by Crippen LogP contribution is -2.48. The number of rotatable bonds is 10. The van der Waals surface area contributed by atoms with Gasteiger partial charge in [0.15, 0.2) is 0 Å². The fraction of sp³-hybridized carbons (Fsp3) is 0.800. The van der Waals surface area contributed by atoms with Gasteiger partial charge in [0.2, 0.25) is 0 Å². The van der Waals surface area contributed by atoms with Gasteiger partial charge in [0, 0.05) is 0 Å². The van der Waals surface area contributed by atoms with Crippen LogP contribution in [0.1, 0.15) is 127 Å². The summed E-state index contributed by atoms with van der Waals surface area (Å²) in [5.74, 6) is 2.35. The number of fused-ring (bicyclic) bond motifs is 1.